The van der Waals surface area contributed by atoms with Gasteiger partial charge in [-0.1, -0.05) is 20.3 Å². The van der Waals surface area contributed by atoms with Gasteiger partial charge in [0.15, 0.2) is 0 Å². The molecule has 0 saturated carbocycles. The average Bonchev–Trinajstić information content (AvgIpc) is 2.37. The predicted octanol–water partition coefficient (Wildman–Crippen LogP) is 1.52. The van der Waals surface area contributed by atoms with Gasteiger partial charge in [0.1, 0.15) is 0 Å². The van der Waals surface area contributed by atoms with E-state index >= 15 is 0 Å². The highest BCUT2D eigenvalue weighted by atomic mass is 16.3. The third-order valence-corrected chi connectivity index (χ3v) is 4.14. The topological polar surface area (TPSA) is 44.3 Å². The van der Waals surface area contributed by atoms with Gasteiger partial charge in [-0.25, -0.2) is 0 Å². The third-order valence-electron chi connectivity index (χ3n) is 4.14. The lowest BCUT2D eigenvalue weighted by atomic mass is 9.83. The van der Waals surface area contributed by atoms with Gasteiger partial charge in [0.25, 0.3) is 0 Å². The van der Waals surface area contributed by atoms with E-state index < -0.39 is 0 Å². The quantitative estimate of drug-likeness (QED) is 0.619. The van der Waals surface area contributed by atoms with Crippen molar-refractivity contribution in [3.8, 4) is 0 Å². The van der Waals surface area contributed by atoms with Crippen LogP contribution < -0.4 is 10.6 Å². The molecule has 0 aromatic heterocycles. The van der Waals surface area contributed by atoms with E-state index in [2.05, 4.69) is 24.5 Å². The minimum atomic E-state index is 0.0919. The summed E-state index contributed by atoms with van der Waals surface area (Å²) in [6, 6.07) is 0.638. The van der Waals surface area contributed by atoms with Crippen molar-refractivity contribution >= 4 is 0 Å². The zero-order valence-corrected chi connectivity index (χ0v) is 10.9. The first-order valence-corrected chi connectivity index (χ1v) is 6.81. The second-order valence-corrected chi connectivity index (χ2v) is 5.14. The van der Waals surface area contributed by atoms with Gasteiger partial charge in [-0.05, 0) is 32.2 Å². The van der Waals surface area contributed by atoms with E-state index in [4.69, 9.17) is 0 Å². The van der Waals surface area contributed by atoms with Crippen LogP contribution in [0.3, 0.4) is 0 Å². The molecule has 1 saturated heterocycles. The Balaban J connectivity index is 2.21. The molecule has 0 bridgehead atoms. The lowest BCUT2D eigenvalue weighted by Crippen LogP contribution is -2.45. The van der Waals surface area contributed by atoms with Crippen molar-refractivity contribution in [3.05, 3.63) is 0 Å². The number of piperidine rings is 1. The van der Waals surface area contributed by atoms with E-state index in [0.717, 1.165) is 25.9 Å². The van der Waals surface area contributed by atoms with E-state index in [1.807, 2.05) is 0 Å². The van der Waals surface area contributed by atoms with E-state index in [9.17, 15) is 5.11 Å². The molecule has 3 N–H and O–H groups in total. The molecule has 1 aliphatic heterocycles. The fourth-order valence-corrected chi connectivity index (χ4v) is 2.39. The van der Waals surface area contributed by atoms with Crippen LogP contribution in [-0.2, 0) is 0 Å². The molecule has 3 nitrogen and oxygen atoms in total. The number of aliphatic hydroxyl groups excluding tert-OH is 1. The van der Waals surface area contributed by atoms with Crippen molar-refractivity contribution < 1.29 is 5.11 Å². The number of hydrogen-bond acceptors (Lipinski definition) is 3. The monoisotopic (exact) mass is 228 g/mol. The van der Waals surface area contributed by atoms with Gasteiger partial charge in [-0.3, -0.25) is 0 Å². The van der Waals surface area contributed by atoms with Crippen molar-refractivity contribution in [2.24, 2.45) is 5.41 Å². The van der Waals surface area contributed by atoms with Gasteiger partial charge in [-0.15, -0.1) is 0 Å². The molecular formula is C13H28N2O. The molecule has 0 aromatic rings. The van der Waals surface area contributed by atoms with Crippen LogP contribution in [0, 0.1) is 5.41 Å². The van der Waals surface area contributed by atoms with Gasteiger partial charge < -0.3 is 15.7 Å². The SMILES string of the molecule is CCC(CC)(CO)CNCC1CCCCN1. The molecule has 1 unspecified atom stereocenters. The number of rotatable bonds is 7. The molecule has 0 aromatic carbocycles. The van der Waals surface area contributed by atoms with Crippen molar-refractivity contribution in [2.75, 3.05) is 26.2 Å². The first kappa shape index (κ1) is 13.9. The molecule has 1 rings (SSSR count). The maximum atomic E-state index is 9.46. The normalized spacial score (nSPS) is 22.3. The van der Waals surface area contributed by atoms with Crippen LogP contribution in [0.4, 0.5) is 0 Å². The fraction of sp³-hybridized carbons (Fsp3) is 1.00. The summed E-state index contributed by atoms with van der Waals surface area (Å²) in [6.07, 6.45) is 6.06. The first-order valence-electron chi connectivity index (χ1n) is 6.81. The molecule has 1 heterocycles. The zero-order chi connectivity index (χ0) is 11.9. The number of hydrogen-bond donors (Lipinski definition) is 3. The summed E-state index contributed by atoms with van der Waals surface area (Å²) in [5.41, 5.74) is 0.0919. The van der Waals surface area contributed by atoms with E-state index in [1.165, 1.54) is 25.8 Å². The maximum absolute atomic E-state index is 9.46. The van der Waals surface area contributed by atoms with Crippen LogP contribution in [0.25, 0.3) is 0 Å². The van der Waals surface area contributed by atoms with E-state index in [0.29, 0.717) is 12.6 Å². The molecule has 1 aliphatic rings. The zero-order valence-electron chi connectivity index (χ0n) is 10.9. The highest BCUT2D eigenvalue weighted by Crippen LogP contribution is 2.24. The Hall–Kier alpha value is -0.120. The summed E-state index contributed by atoms with van der Waals surface area (Å²) in [6.45, 7) is 7.78. The van der Waals surface area contributed by atoms with Crippen LogP contribution in [0.15, 0.2) is 0 Å². The van der Waals surface area contributed by atoms with E-state index in [-0.39, 0.29) is 5.41 Å². The predicted molar refractivity (Wildman–Crippen MR) is 68.6 cm³/mol. The van der Waals surface area contributed by atoms with Crippen LogP contribution >= 0.6 is 0 Å². The summed E-state index contributed by atoms with van der Waals surface area (Å²) in [5, 5.41) is 16.5. The second kappa shape index (κ2) is 7.25. The van der Waals surface area contributed by atoms with Crippen molar-refractivity contribution in [2.45, 2.75) is 52.0 Å². The molecule has 0 aliphatic carbocycles. The van der Waals surface area contributed by atoms with Crippen LogP contribution in [0.1, 0.15) is 46.0 Å². The maximum Gasteiger partial charge on any atom is 0.0499 e. The lowest BCUT2D eigenvalue weighted by Gasteiger charge is -2.31. The highest BCUT2D eigenvalue weighted by Gasteiger charge is 2.25. The molecular weight excluding hydrogens is 200 g/mol. The van der Waals surface area contributed by atoms with Crippen LogP contribution in [-0.4, -0.2) is 37.4 Å². The summed E-state index contributed by atoms with van der Waals surface area (Å²) in [4.78, 5) is 0. The smallest absolute Gasteiger partial charge is 0.0499 e. The second-order valence-electron chi connectivity index (χ2n) is 5.14. The van der Waals surface area contributed by atoms with Crippen LogP contribution in [0.2, 0.25) is 0 Å². The summed E-state index contributed by atoms with van der Waals surface area (Å²) >= 11 is 0. The Morgan fingerprint density at radius 1 is 1.31 bits per heavy atom. The standard InChI is InChI=1S/C13H28N2O/c1-3-13(4-2,11-16)10-14-9-12-7-5-6-8-15-12/h12,14-16H,3-11H2,1-2H3. The number of nitrogens with one attached hydrogen (secondary N) is 2. The highest BCUT2D eigenvalue weighted by molar-refractivity contribution is 4.81. The average molecular weight is 228 g/mol. The summed E-state index contributed by atoms with van der Waals surface area (Å²) in [5.74, 6) is 0. The van der Waals surface area contributed by atoms with Crippen molar-refractivity contribution in [1.82, 2.24) is 10.6 Å². The van der Waals surface area contributed by atoms with Gasteiger partial charge in [0.05, 0.1) is 0 Å². The third kappa shape index (κ3) is 4.04. The Bertz CT molecular complexity index is 167. The molecule has 1 atom stereocenters. The first-order chi connectivity index (χ1) is 7.76. The van der Waals surface area contributed by atoms with Gasteiger partial charge in [-0.2, -0.15) is 0 Å². The Labute approximate surface area is 100 Å². The molecule has 96 valence electrons. The molecule has 0 spiro atoms. The Morgan fingerprint density at radius 2 is 2.06 bits per heavy atom. The van der Waals surface area contributed by atoms with Gasteiger partial charge in [0, 0.05) is 31.2 Å². The van der Waals surface area contributed by atoms with Crippen molar-refractivity contribution in [1.29, 1.82) is 0 Å². The van der Waals surface area contributed by atoms with E-state index in [1.54, 1.807) is 0 Å². The summed E-state index contributed by atoms with van der Waals surface area (Å²) in [7, 11) is 0. The minimum Gasteiger partial charge on any atom is -0.396 e. The minimum absolute atomic E-state index is 0.0919. The lowest BCUT2D eigenvalue weighted by molar-refractivity contribution is 0.112. The molecule has 0 amide bonds. The molecule has 3 heteroatoms. The van der Waals surface area contributed by atoms with Gasteiger partial charge >= 0.3 is 0 Å². The molecule has 0 radical (unpaired) electrons. The largest absolute Gasteiger partial charge is 0.396 e. The molecule has 1 fully saturated rings. The van der Waals surface area contributed by atoms with Crippen molar-refractivity contribution in [3.63, 3.8) is 0 Å². The molecule has 16 heavy (non-hydrogen) atoms. The van der Waals surface area contributed by atoms with Crippen LogP contribution in [0.5, 0.6) is 0 Å². The summed E-state index contributed by atoms with van der Waals surface area (Å²) < 4.78 is 0. The Kier molecular flexibility index (Phi) is 6.32. The Morgan fingerprint density at radius 3 is 2.56 bits per heavy atom. The fourth-order valence-electron chi connectivity index (χ4n) is 2.39. The number of aliphatic hydroxyl groups is 1. The van der Waals surface area contributed by atoms with Gasteiger partial charge in [0.2, 0.25) is 0 Å².